The molecule has 2 aliphatic heterocycles. The van der Waals surface area contributed by atoms with Crippen LogP contribution < -0.4 is 4.74 Å². The van der Waals surface area contributed by atoms with Crippen molar-refractivity contribution in [3.63, 3.8) is 0 Å². The van der Waals surface area contributed by atoms with Crippen LogP contribution in [-0.2, 0) is 0 Å². The van der Waals surface area contributed by atoms with Crippen LogP contribution in [0.3, 0.4) is 0 Å². The van der Waals surface area contributed by atoms with E-state index in [9.17, 15) is 14.6 Å². The smallest absolute Gasteiger partial charge is 0.126 e. The number of aliphatic hydroxyl groups is 2. The molecule has 1 spiro atoms. The highest BCUT2D eigenvalue weighted by Crippen LogP contribution is 2.45. The number of aryl methyl sites for hydroxylation is 1. The number of aromatic nitrogens is 1. The molecule has 31 heavy (non-hydrogen) atoms. The van der Waals surface area contributed by atoms with Gasteiger partial charge in [-0.25, -0.2) is 4.39 Å². The van der Waals surface area contributed by atoms with Crippen LogP contribution in [0.15, 0.2) is 36.4 Å². The predicted octanol–water partition coefficient (Wildman–Crippen LogP) is 4.65. The van der Waals surface area contributed by atoms with Crippen molar-refractivity contribution in [2.24, 2.45) is 0 Å². The highest BCUT2D eigenvalue weighted by molar-refractivity contribution is 6.30. The summed E-state index contributed by atoms with van der Waals surface area (Å²) in [5.74, 6) is 0.391. The Kier molecular flexibility index (Phi) is 5.21. The molecule has 0 unspecified atom stereocenters. The van der Waals surface area contributed by atoms with Crippen LogP contribution in [-0.4, -0.2) is 45.3 Å². The minimum absolute atomic E-state index is 0.311. The number of aromatic amines is 1. The summed E-state index contributed by atoms with van der Waals surface area (Å²) < 4.78 is 20.1. The number of hydrogen-bond donors (Lipinski definition) is 3. The molecule has 2 aliphatic rings. The minimum atomic E-state index is -0.717. The number of halogens is 2. The summed E-state index contributed by atoms with van der Waals surface area (Å²) in [5.41, 5.74) is 2.79. The average molecular weight is 445 g/mol. The molecule has 0 saturated carbocycles. The minimum Gasteiger partial charge on any atom is -0.487 e. The second-order valence-electron chi connectivity index (χ2n) is 8.86. The zero-order valence-electron chi connectivity index (χ0n) is 17.4. The number of nitrogens with zero attached hydrogens (tertiary/aromatic N) is 1. The molecule has 2 aromatic carbocycles. The van der Waals surface area contributed by atoms with Gasteiger partial charge in [0.25, 0.3) is 0 Å². The number of rotatable bonds is 3. The van der Waals surface area contributed by atoms with Crippen molar-refractivity contribution in [1.29, 1.82) is 0 Å². The molecule has 1 saturated heterocycles. The molecule has 5 rings (SSSR count). The molecule has 0 radical (unpaired) electrons. The van der Waals surface area contributed by atoms with Crippen molar-refractivity contribution >= 4 is 22.5 Å². The second kappa shape index (κ2) is 7.78. The summed E-state index contributed by atoms with van der Waals surface area (Å²) >= 11 is 6.07. The number of H-pyrrole nitrogens is 1. The van der Waals surface area contributed by atoms with Gasteiger partial charge in [-0.2, -0.15) is 0 Å². The first-order valence-corrected chi connectivity index (χ1v) is 11.1. The van der Waals surface area contributed by atoms with Crippen LogP contribution >= 0.6 is 11.6 Å². The van der Waals surface area contributed by atoms with Gasteiger partial charge in [-0.15, -0.1) is 0 Å². The third-order valence-electron chi connectivity index (χ3n) is 6.75. The van der Waals surface area contributed by atoms with Gasteiger partial charge in [-0.1, -0.05) is 11.6 Å². The molecule has 164 valence electrons. The van der Waals surface area contributed by atoms with Gasteiger partial charge in [-0.05, 0) is 56.2 Å². The van der Waals surface area contributed by atoms with Crippen molar-refractivity contribution in [2.75, 3.05) is 19.6 Å². The van der Waals surface area contributed by atoms with Gasteiger partial charge in [0.2, 0.25) is 0 Å². The van der Waals surface area contributed by atoms with E-state index in [-0.39, 0.29) is 5.82 Å². The molecule has 1 fully saturated rings. The Morgan fingerprint density at radius 1 is 1.26 bits per heavy atom. The number of fused-ring (bicyclic) bond motifs is 2. The van der Waals surface area contributed by atoms with Crippen LogP contribution in [0.4, 0.5) is 4.39 Å². The molecule has 0 aliphatic carbocycles. The van der Waals surface area contributed by atoms with Crippen LogP contribution in [0.25, 0.3) is 10.9 Å². The van der Waals surface area contributed by atoms with Gasteiger partial charge in [0.05, 0.1) is 12.2 Å². The van der Waals surface area contributed by atoms with Crippen molar-refractivity contribution < 1.29 is 19.3 Å². The van der Waals surface area contributed by atoms with E-state index in [1.807, 2.05) is 13.0 Å². The quantitative estimate of drug-likeness (QED) is 0.550. The first-order chi connectivity index (χ1) is 14.8. The molecule has 1 aromatic heterocycles. The Morgan fingerprint density at radius 3 is 2.81 bits per heavy atom. The molecule has 2 atom stereocenters. The summed E-state index contributed by atoms with van der Waals surface area (Å²) in [4.78, 5) is 5.44. The second-order valence-corrected chi connectivity index (χ2v) is 9.29. The largest absolute Gasteiger partial charge is 0.487 e. The SMILES string of the molecule is Cc1[nH]c2ccc(F)cc2c1[C@H](O)CN1CCC2(CC1)C[C@H](O)c1cc(Cl)ccc1O2. The first-order valence-electron chi connectivity index (χ1n) is 10.7. The fraction of sp³-hybridized carbons (Fsp3) is 0.417. The van der Waals surface area contributed by atoms with Crippen LogP contribution in [0, 0.1) is 12.7 Å². The Morgan fingerprint density at radius 2 is 2.03 bits per heavy atom. The van der Waals surface area contributed by atoms with E-state index in [1.165, 1.54) is 12.1 Å². The van der Waals surface area contributed by atoms with E-state index >= 15 is 0 Å². The summed E-state index contributed by atoms with van der Waals surface area (Å²) in [6.07, 6.45) is 0.756. The number of aliphatic hydroxyl groups excluding tert-OH is 2. The summed E-state index contributed by atoms with van der Waals surface area (Å²) in [5, 5.41) is 23.0. The van der Waals surface area contributed by atoms with E-state index in [0.717, 1.165) is 53.7 Å². The van der Waals surface area contributed by atoms with Crippen molar-refractivity contribution in [1.82, 2.24) is 9.88 Å². The van der Waals surface area contributed by atoms with Gasteiger partial charge in [0, 0.05) is 58.8 Å². The van der Waals surface area contributed by atoms with Gasteiger partial charge in [0.1, 0.15) is 17.2 Å². The maximum atomic E-state index is 13.8. The maximum absolute atomic E-state index is 13.8. The van der Waals surface area contributed by atoms with E-state index in [1.54, 1.807) is 18.2 Å². The highest BCUT2D eigenvalue weighted by atomic mass is 35.5. The predicted molar refractivity (Wildman–Crippen MR) is 118 cm³/mol. The number of hydrogen-bond acceptors (Lipinski definition) is 4. The van der Waals surface area contributed by atoms with Gasteiger partial charge < -0.3 is 24.8 Å². The van der Waals surface area contributed by atoms with Crippen molar-refractivity contribution in [3.05, 3.63) is 64.1 Å². The first kappa shape index (κ1) is 20.8. The molecule has 3 heterocycles. The number of β-amino-alcohol motifs (C(OH)–C–C–N with tert-alkyl or cyclic N) is 1. The zero-order valence-corrected chi connectivity index (χ0v) is 18.1. The third kappa shape index (κ3) is 3.82. The van der Waals surface area contributed by atoms with Crippen molar-refractivity contribution in [2.45, 2.75) is 44.0 Å². The van der Waals surface area contributed by atoms with E-state index < -0.39 is 17.8 Å². The molecule has 3 N–H and O–H groups in total. The normalized spacial score (nSPS) is 21.8. The van der Waals surface area contributed by atoms with E-state index in [2.05, 4.69) is 9.88 Å². The molecule has 3 aromatic rings. The lowest BCUT2D eigenvalue weighted by atomic mass is 9.81. The Hall–Kier alpha value is -2.12. The lowest BCUT2D eigenvalue weighted by molar-refractivity contribution is -0.0587. The Balaban J connectivity index is 1.28. The van der Waals surface area contributed by atoms with E-state index in [0.29, 0.717) is 23.7 Å². The lowest BCUT2D eigenvalue weighted by Gasteiger charge is -2.46. The lowest BCUT2D eigenvalue weighted by Crippen LogP contribution is -2.51. The monoisotopic (exact) mass is 444 g/mol. The maximum Gasteiger partial charge on any atom is 0.126 e. The van der Waals surface area contributed by atoms with Gasteiger partial charge in [0.15, 0.2) is 0 Å². The number of piperidine rings is 1. The summed E-state index contributed by atoms with van der Waals surface area (Å²) in [6.45, 7) is 3.88. The number of likely N-dealkylation sites (tertiary alicyclic amines) is 1. The Bertz CT molecular complexity index is 1120. The van der Waals surface area contributed by atoms with Crippen LogP contribution in [0.2, 0.25) is 5.02 Å². The van der Waals surface area contributed by atoms with Gasteiger partial charge in [-0.3, -0.25) is 0 Å². The molecular weight excluding hydrogens is 419 g/mol. The molecule has 7 heteroatoms. The number of nitrogens with one attached hydrogen (secondary N) is 1. The zero-order chi connectivity index (χ0) is 21.8. The fourth-order valence-electron chi connectivity index (χ4n) is 5.14. The molecule has 0 bridgehead atoms. The average Bonchev–Trinajstić information content (AvgIpc) is 3.05. The van der Waals surface area contributed by atoms with Crippen molar-refractivity contribution in [3.8, 4) is 5.75 Å². The van der Waals surface area contributed by atoms with E-state index in [4.69, 9.17) is 16.3 Å². The standard InChI is InChI=1S/C24H26ClFN2O3/c1-14-23(17-11-16(26)3-4-19(17)27-14)21(30)13-28-8-6-24(7-9-28)12-20(29)18-10-15(25)2-5-22(18)31-24/h2-5,10-11,20-21,27,29-30H,6-9,12-13H2,1H3/t20-,21+/m0/s1. The van der Waals surface area contributed by atoms with Gasteiger partial charge >= 0.3 is 0 Å². The summed E-state index contributed by atoms with van der Waals surface area (Å²) in [7, 11) is 0. The molecular formula is C24H26ClFN2O3. The number of benzene rings is 2. The number of ether oxygens (including phenoxy) is 1. The van der Waals surface area contributed by atoms with Crippen LogP contribution in [0.1, 0.15) is 48.3 Å². The highest BCUT2D eigenvalue weighted by Gasteiger charge is 2.43. The van der Waals surface area contributed by atoms with Crippen LogP contribution in [0.5, 0.6) is 5.75 Å². The fourth-order valence-corrected chi connectivity index (χ4v) is 5.32. The molecule has 5 nitrogen and oxygen atoms in total. The topological polar surface area (TPSA) is 68.7 Å². The molecule has 0 amide bonds. The third-order valence-corrected chi connectivity index (χ3v) is 6.99. The Labute approximate surface area is 185 Å². The summed E-state index contributed by atoms with van der Waals surface area (Å²) in [6, 6.07) is 9.98.